The zero-order chi connectivity index (χ0) is 19.8. The molecule has 0 aromatic heterocycles. The zero-order valence-corrected chi connectivity index (χ0v) is 16.3. The van der Waals surface area contributed by atoms with E-state index in [4.69, 9.17) is 21.1 Å². The van der Waals surface area contributed by atoms with E-state index >= 15 is 0 Å². The summed E-state index contributed by atoms with van der Waals surface area (Å²) in [6, 6.07) is 10.7. The Hall–Kier alpha value is -2.93. The third-order valence-corrected chi connectivity index (χ3v) is 5.16. The van der Waals surface area contributed by atoms with Crippen LogP contribution in [0.1, 0.15) is 6.42 Å². The van der Waals surface area contributed by atoms with Gasteiger partial charge < -0.3 is 24.6 Å². The topological polar surface area (TPSA) is 71.1 Å². The Morgan fingerprint density at radius 2 is 2.00 bits per heavy atom. The summed E-state index contributed by atoms with van der Waals surface area (Å²) in [6.45, 7) is 0.480. The molecule has 1 atom stereocenters. The molecule has 1 saturated heterocycles. The molecule has 2 amide bonds. The number of anilines is 3. The van der Waals surface area contributed by atoms with Gasteiger partial charge in [-0.1, -0.05) is 17.7 Å². The largest absolute Gasteiger partial charge is 0.454 e. The van der Waals surface area contributed by atoms with Gasteiger partial charge in [0.25, 0.3) is 0 Å². The van der Waals surface area contributed by atoms with Crippen LogP contribution in [0.15, 0.2) is 36.4 Å². The first kappa shape index (κ1) is 18.4. The third-order valence-electron chi connectivity index (χ3n) is 4.86. The van der Waals surface area contributed by atoms with Crippen LogP contribution in [-0.4, -0.2) is 39.2 Å². The van der Waals surface area contributed by atoms with E-state index in [0.29, 0.717) is 34.4 Å². The lowest BCUT2D eigenvalue weighted by molar-refractivity contribution is -0.122. The van der Waals surface area contributed by atoms with Gasteiger partial charge in [-0.3, -0.25) is 9.59 Å². The van der Waals surface area contributed by atoms with Crippen molar-refractivity contribution in [2.45, 2.75) is 6.42 Å². The van der Waals surface area contributed by atoms with E-state index < -0.39 is 5.92 Å². The number of benzene rings is 2. The molecule has 0 radical (unpaired) electrons. The molecule has 7 nitrogen and oxygen atoms in total. The number of hydrogen-bond donors (Lipinski definition) is 1. The second-order valence-corrected chi connectivity index (χ2v) is 7.37. The molecule has 0 spiro atoms. The number of ether oxygens (including phenoxy) is 2. The highest BCUT2D eigenvalue weighted by molar-refractivity contribution is 6.34. The quantitative estimate of drug-likeness (QED) is 0.852. The minimum Gasteiger partial charge on any atom is -0.454 e. The fraction of sp³-hybridized carbons (Fsp3) is 0.300. The maximum atomic E-state index is 12.8. The van der Waals surface area contributed by atoms with Crippen LogP contribution < -0.4 is 24.6 Å². The standard InChI is InChI=1S/C20H20ClN3O4/c1-23(2)19-14(21)4-3-5-15(19)22-20(26)12-8-18(25)24(10-12)13-6-7-16-17(9-13)28-11-27-16/h3-7,9,12H,8,10-11H2,1-2H3,(H,22,26)/t12-/m1/s1. The van der Waals surface area contributed by atoms with E-state index in [0.717, 1.165) is 5.69 Å². The van der Waals surface area contributed by atoms with Crippen molar-refractivity contribution in [3.63, 3.8) is 0 Å². The fourth-order valence-electron chi connectivity index (χ4n) is 3.49. The van der Waals surface area contributed by atoms with Gasteiger partial charge in [0.2, 0.25) is 18.6 Å². The lowest BCUT2D eigenvalue weighted by Gasteiger charge is -2.21. The first-order chi connectivity index (χ1) is 13.4. The van der Waals surface area contributed by atoms with E-state index in [-0.39, 0.29) is 25.0 Å². The SMILES string of the molecule is CN(C)c1c(Cl)cccc1NC(=O)[C@@H]1CC(=O)N(c2ccc3c(c2)OCO3)C1. The number of rotatable bonds is 4. The number of fused-ring (bicyclic) bond motifs is 1. The summed E-state index contributed by atoms with van der Waals surface area (Å²) >= 11 is 6.26. The summed E-state index contributed by atoms with van der Waals surface area (Å²) in [5, 5.41) is 3.47. The van der Waals surface area contributed by atoms with Crippen LogP contribution in [0.4, 0.5) is 17.1 Å². The van der Waals surface area contributed by atoms with Crippen LogP contribution >= 0.6 is 11.6 Å². The molecule has 2 aliphatic heterocycles. The molecule has 28 heavy (non-hydrogen) atoms. The van der Waals surface area contributed by atoms with Gasteiger partial charge in [0.1, 0.15) is 0 Å². The molecule has 0 aliphatic carbocycles. The van der Waals surface area contributed by atoms with Gasteiger partial charge in [0.05, 0.1) is 22.3 Å². The highest BCUT2D eigenvalue weighted by Gasteiger charge is 2.36. The lowest BCUT2D eigenvalue weighted by Crippen LogP contribution is -2.28. The van der Waals surface area contributed by atoms with E-state index in [2.05, 4.69) is 5.32 Å². The highest BCUT2D eigenvalue weighted by Crippen LogP contribution is 2.38. The van der Waals surface area contributed by atoms with Crippen LogP contribution in [0.3, 0.4) is 0 Å². The molecular weight excluding hydrogens is 382 g/mol. The molecule has 2 aromatic rings. The van der Waals surface area contributed by atoms with E-state index in [9.17, 15) is 9.59 Å². The van der Waals surface area contributed by atoms with Crippen LogP contribution in [0, 0.1) is 5.92 Å². The molecule has 2 aromatic carbocycles. The van der Waals surface area contributed by atoms with E-state index in [1.165, 1.54) is 0 Å². The number of carbonyl (C=O) groups is 2. The first-order valence-electron chi connectivity index (χ1n) is 8.91. The van der Waals surface area contributed by atoms with Crippen LogP contribution in [0.2, 0.25) is 5.02 Å². The maximum absolute atomic E-state index is 12.8. The zero-order valence-electron chi connectivity index (χ0n) is 15.6. The average Bonchev–Trinajstić information content (AvgIpc) is 3.27. The smallest absolute Gasteiger partial charge is 0.231 e. The van der Waals surface area contributed by atoms with Crippen molar-refractivity contribution in [1.82, 2.24) is 0 Å². The predicted octanol–water partition coefficient (Wildman–Crippen LogP) is 3.13. The summed E-state index contributed by atoms with van der Waals surface area (Å²) in [5.41, 5.74) is 2.05. The minimum atomic E-state index is -0.452. The summed E-state index contributed by atoms with van der Waals surface area (Å²) in [5.74, 6) is 0.501. The van der Waals surface area contributed by atoms with Crippen LogP contribution in [0.5, 0.6) is 11.5 Å². The van der Waals surface area contributed by atoms with Crippen LogP contribution in [-0.2, 0) is 9.59 Å². The Kier molecular flexibility index (Phi) is 4.77. The third kappa shape index (κ3) is 3.33. The molecular formula is C20H20ClN3O4. The van der Waals surface area contributed by atoms with Crippen molar-refractivity contribution in [2.75, 3.05) is 42.5 Å². The van der Waals surface area contributed by atoms with Gasteiger partial charge in [-0.15, -0.1) is 0 Å². The number of hydrogen-bond acceptors (Lipinski definition) is 5. The second kappa shape index (κ2) is 7.24. The second-order valence-electron chi connectivity index (χ2n) is 6.96. The molecule has 1 fully saturated rings. The predicted molar refractivity (Wildman–Crippen MR) is 107 cm³/mol. The highest BCUT2D eigenvalue weighted by atomic mass is 35.5. The summed E-state index contributed by atoms with van der Waals surface area (Å²) < 4.78 is 10.7. The van der Waals surface area contributed by atoms with Crippen molar-refractivity contribution >= 4 is 40.5 Å². The van der Waals surface area contributed by atoms with Crippen molar-refractivity contribution in [3.05, 3.63) is 41.4 Å². The summed E-state index contributed by atoms with van der Waals surface area (Å²) in [4.78, 5) is 28.8. The lowest BCUT2D eigenvalue weighted by atomic mass is 10.1. The Morgan fingerprint density at radius 1 is 1.21 bits per heavy atom. The Balaban J connectivity index is 1.50. The number of nitrogens with zero attached hydrogens (tertiary/aromatic N) is 2. The Morgan fingerprint density at radius 3 is 2.79 bits per heavy atom. The normalized spacial score (nSPS) is 17.8. The van der Waals surface area contributed by atoms with Crippen molar-refractivity contribution in [3.8, 4) is 11.5 Å². The molecule has 8 heteroatoms. The van der Waals surface area contributed by atoms with Gasteiger partial charge in [-0.25, -0.2) is 0 Å². The molecule has 1 N–H and O–H groups in total. The first-order valence-corrected chi connectivity index (χ1v) is 9.28. The molecule has 2 aliphatic rings. The van der Waals surface area contributed by atoms with Gasteiger partial charge in [0.15, 0.2) is 11.5 Å². The van der Waals surface area contributed by atoms with E-state index in [1.54, 1.807) is 41.3 Å². The fourth-order valence-corrected chi connectivity index (χ4v) is 3.83. The Bertz CT molecular complexity index is 947. The van der Waals surface area contributed by atoms with Crippen molar-refractivity contribution in [2.24, 2.45) is 5.92 Å². The minimum absolute atomic E-state index is 0.0991. The molecule has 0 unspecified atom stereocenters. The molecule has 0 bridgehead atoms. The van der Waals surface area contributed by atoms with Crippen LogP contribution in [0.25, 0.3) is 0 Å². The molecule has 0 saturated carbocycles. The summed E-state index contributed by atoms with van der Waals surface area (Å²) in [6.07, 6.45) is 0.151. The van der Waals surface area contributed by atoms with Gasteiger partial charge >= 0.3 is 0 Å². The monoisotopic (exact) mass is 401 g/mol. The van der Waals surface area contributed by atoms with Crippen molar-refractivity contribution in [1.29, 1.82) is 0 Å². The average molecular weight is 402 g/mol. The van der Waals surface area contributed by atoms with Gasteiger partial charge in [-0.2, -0.15) is 0 Å². The maximum Gasteiger partial charge on any atom is 0.231 e. The Labute approximate surface area is 167 Å². The van der Waals surface area contributed by atoms with Crippen molar-refractivity contribution < 1.29 is 19.1 Å². The number of nitrogens with one attached hydrogen (secondary N) is 1. The van der Waals surface area contributed by atoms with Gasteiger partial charge in [-0.05, 0) is 24.3 Å². The number of halogens is 1. The molecule has 2 heterocycles. The molecule has 146 valence electrons. The van der Waals surface area contributed by atoms with E-state index in [1.807, 2.05) is 19.0 Å². The number of para-hydroxylation sites is 1. The summed E-state index contributed by atoms with van der Waals surface area (Å²) in [7, 11) is 3.72. The molecule has 4 rings (SSSR count). The number of carbonyl (C=O) groups excluding carboxylic acids is 2. The number of amides is 2. The van der Waals surface area contributed by atoms with Gasteiger partial charge in [0, 0.05) is 38.8 Å².